The summed E-state index contributed by atoms with van der Waals surface area (Å²) >= 11 is 0. The summed E-state index contributed by atoms with van der Waals surface area (Å²) in [6.45, 7) is 2.59. The minimum absolute atomic E-state index is 0.303. The monoisotopic (exact) mass is 556 g/mol. The predicted octanol–water partition coefficient (Wildman–Crippen LogP) is 11.0. The Morgan fingerprint density at radius 1 is 0.488 bits per heavy atom. The van der Waals surface area contributed by atoms with Gasteiger partial charge in [-0.1, -0.05) is 201 Å². The van der Waals surface area contributed by atoms with Crippen molar-refractivity contribution >= 4 is 0 Å². The summed E-state index contributed by atoms with van der Waals surface area (Å²) in [6, 6.07) is 31.2. The van der Waals surface area contributed by atoms with Crippen molar-refractivity contribution in [2.45, 2.75) is 128 Å². The van der Waals surface area contributed by atoms with Gasteiger partial charge in [-0.3, -0.25) is 0 Å². The molecule has 0 spiro atoms. The zero-order valence-electron chi connectivity index (χ0n) is 25.8. The highest BCUT2D eigenvalue weighted by Gasteiger charge is 2.37. The minimum Gasteiger partial charge on any atom is -0.391 e. The first kappa shape index (κ1) is 33.1. The van der Waals surface area contributed by atoms with Gasteiger partial charge in [0.2, 0.25) is 0 Å². The second-order valence-corrected chi connectivity index (χ2v) is 11.8. The van der Waals surface area contributed by atoms with Crippen molar-refractivity contribution in [3.63, 3.8) is 0 Å². The molecule has 3 aromatic carbocycles. The summed E-state index contributed by atoms with van der Waals surface area (Å²) in [5, 5.41) is 10.9. The Hall–Kier alpha value is -2.42. The molecule has 0 radical (unpaired) electrons. The molecule has 0 heterocycles. The minimum atomic E-state index is -0.764. The van der Waals surface area contributed by atoms with E-state index in [-0.39, 0.29) is 0 Å². The standard InChI is InChI=1S/C39H56O2/c1-2-3-4-5-6-7-8-9-10-11-12-13-14-15-16-26-33-38(40)34-41-39(35-27-20-17-21-28-35,36-29-22-18-23-30-36)37-31-24-19-25-32-37/h17-25,27-32,38,40H,2-16,26,33-34H2,1H3/t38-/m1/s1. The molecule has 3 rings (SSSR count). The van der Waals surface area contributed by atoms with Gasteiger partial charge in [0.05, 0.1) is 12.7 Å². The number of ether oxygens (including phenoxy) is 1. The third kappa shape index (κ3) is 11.8. The molecule has 0 bridgehead atoms. The molecule has 2 nitrogen and oxygen atoms in total. The molecule has 0 aliphatic heterocycles. The van der Waals surface area contributed by atoms with Crippen LogP contribution >= 0.6 is 0 Å². The normalized spacial score (nSPS) is 12.4. The van der Waals surface area contributed by atoms with Gasteiger partial charge < -0.3 is 9.84 Å². The van der Waals surface area contributed by atoms with Crippen LogP contribution in [0, 0.1) is 0 Å². The van der Waals surface area contributed by atoms with Crippen LogP contribution in [0.15, 0.2) is 91.0 Å². The summed E-state index contributed by atoms with van der Waals surface area (Å²) in [7, 11) is 0. The SMILES string of the molecule is CCCCCCCCCCCCCCCCCC[C@@H](O)COC(c1ccccc1)(c1ccccc1)c1ccccc1. The predicted molar refractivity (Wildman–Crippen MR) is 175 cm³/mol. The highest BCUT2D eigenvalue weighted by molar-refractivity contribution is 5.47. The van der Waals surface area contributed by atoms with Crippen molar-refractivity contribution < 1.29 is 9.84 Å². The first-order chi connectivity index (χ1) is 20.3. The molecule has 0 amide bonds. The van der Waals surface area contributed by atoms with Crippen LogP contribution in [0.1, 0.15) is 133 Å². The van der Waals surface area contributed by atoms with Gasteiger partial charge in [-0.25, -0.2) is 0 Å². The lowest BCUT2D eigenvalue weighted by atomic mass is 9.80. The molecule has 41 heavy (non-hydrogen) atoms. The molecule has 1 N–H and O–H groups in total. The first-order valence-corrected chi connectivity index (χ1v) is 16.8. The number of aliphatic hydroxyl groups is 1. The molecule has 0 aliphatic rings. The van der Waals surface area contributed by atoms with E-state index in [0.717, 1.165) is 29.5 Å². The van der Waals surface area contributed by atoms with Crippen LogP contribution < -0.4 is 0 Å². The Bertz CT molecular complexity index is 905. The van der Waals surface area contributed by atoms with Crippen LogP contribution in [0.4, 0.5) is 0 Å². The molecule has 2 heteroatoms. The van der Waals surface area contributed by atoms with Gasteiger partial charge in [-0.15, -0.1) is 0 Å². The van der Waals surface area contributed by atoms with E-state index in [1.54, 1.807) is 0 Å². The molecular weight excluding hydrogens is 500 g/mol. The lowest BCUT2D eigenvalue weighted by Crippen LogP contribution is -2.35. The van der Waals surface area contributed by atoms with Crippen molar-refractivity contribution in [2.75, 3.05) is 6.61 Å². The van der Waals surface area contributed by atoms with Gasteiger partial charge in [0.25, 0.3) is 0 Å². The highest BCUT2D eigenvalue weighted by Crippen LogP contribution is 2.40. The number of hydrogen-bond donors (Lipinski definition) is 1. The van der Waals surface area contributed by atoms with Crippen LogP contribution in [0.5, 0.6) is 0 Å². The van der Waals surface area contributed by atoms with Gasteiger partial charge >= 0.3 is 0 Å². The fourth-order valence-electron chi connectivity index (χ4n) is 6.00. The molecule has 224 valence electrons. The van der Waals surface area contributed by atoms with E-state index in [9.17, 15) is 5.11 Å². The summed E-state index contributed by atoms with van der Waals surface area (Å²) in [5.74, 6) is 0. The number of unbranched alkanes of at least 4 members (excludes halogenated alkanes) is 15. The van der Waals surface area contributed by atoms with Gasteiger partial charge in [-0.05, 0) is 23.1 Å². The van der Waals surface area contributed by atoms with E-state index in [1.807, 2.05) is 18.2 Å². The molecule has 0 unspecified atom stereocenters. The van der Waals surface area contributed by atoms with Crippen molar-refractivity contribution in [3.8, 4) is 0 Å². The van der Waals surface area contributed by atoms with Crippen molar-refractivity contribution in [2.24, 2.45) is 0 Å². The summed E-state index contributed by atoms with van der Waals surface area (Å²) in [5.41, 5.74) is 2.46. The van der Waals surface area contributed by atoms with Crippen LogP contribution in [-0.4, -0.2) is 17.8 Å². The van der Waals surface area contributed by atoms with E-state index in [1.165, 1.54) is 96.3 Å². The quantitative estimate of drug-likeness (QED) is 0.0929. The molecule has 0 saturated heterocycles. The number of benzene rings is 3. The Morgan fingerprint density at radius 3 is 1.15 bits per heavy atom. The van der Waals surface area contributed by atoms with Crippen molar-refractivity contribution in [1.82, 2.24) is 0 Å². The second-order valence-electron chi connectivity index (χ2n) is 11.8. The van der Waals surface area contributed by atoms with Crippen LogP contribution in [0.3, 0.4) is 0 Å². The van der Waals surface area contributed by atoms with Crippen LogP contribution in [-0.2, 0) is 10.3 Å². The molecule has 0 saturated carbocycles. The van der Waals surface area contributed by atoms with Gasteiger partial charge in [0.1, 0.15) is 5.60 Å². The maximum atomic E-state index is 10.9. The third-order valence-electron chi connectivity index (χ3n) is 8.42. The molecular formula is C39H56O2. The molecule has 0 aromatic heterocycles. The molecule has 1 atom stereocenters. The highest BCUT2D eigenvalue weighted by atomic mass is 16.5. The van der Waals surface area contributed by atoms with E-state index < -0.39 is 11.7 Å². The Morgan fingerprint density at radius 2 is 0.805 bits per heavy atom. The zero-order chi connectivity index (χ0) is 28.9. The van der Waals surface area contributed by atoms with Crippen LogP contribution in [0.25, 0.3) is 0 Å². The first-order valence-electron chi connectivity index (χ1n) is 16.8. The number of aliphatic hydroxyl groups excluding tert-OH is 1. The number of rotatable bonds is 23. The van der Waals surface area contributed by atoms with E-state index in [0.29, 0.717) is 6.61 Å². The van der Waals surface area contributed by atoms with Gasteiger partial charge in [-0.2, -0.15) is 0 Å². The Kier molecular flexibility index (Phi) is 16.5. The third-order valence-corrected chi connectivity index (χ3v) is 8.42. The van der Waals surface area contributed by atoms with Crippen molar-refractivity contribution in [1.29, 1.82) is 0 Å². The lowest BCUT2D eigenvalue weighted by molar-refractivity contribution is -0.0405. The lowest BCUT2D eigenvalue weighted by Gasteiger charge is -2.36. The smallest absolute Gasteiger partial charge is 0.143 e. The van der Waals surface area contributed by atoms with Gasteiger partial charge in [0.15, 0.2) is 0 Å². The van der Waals surface area contributed by atoms with E-state index in [4.69, 9.17) is 4.74 Å². The van der Waals surface area contributed by atoms with E-state index in [2.05, 4.69) is 79.7 Å². The largest absolute Gasteiger partial charge is 0.391 e. The molecule has 0 aliphatic carbocycles. The average Bonchev–Trinajstić information content (AvgIpc) is 3.03. The fourth-order valence-corrected chi connectivity index (χ4v) is 6.00. The molecule has 3 aromatic rings. The fraction of sp³-hybridized carbons (Fsp3) is 0.538. The average molecular weight is 557 g/mol. The van der Waals surface area contributed by atoms with E-state index >= 15 is 0 Å². The van der Waals surface area contributed by atoms with Crippen molar-refractivity contribution in [3.05, 3.63) is 108 Å². The maximum Gasteiger partial charge on any atom is 0.143 e. The summed E-state index contributed by atoms with van der Waals surface area (Å²) in [4.78, 5) is 0. The zero-order valence-corrected chi connectivity index (χ0v) is 25.8. The molecule has 0 fully saturated rings. The summed E-state index contributed by atoms with van der Waals surface area (Å²) < 4.78 is 6.78. The number of hydrogen-bond acceptors (Lipinski definition) is 2. The second kappa shape index (κ2) is 20.5. The Labute approximate surface area is 251 Å². The van der Waals surface area contributed by atoms with Crippen LogP contribution in [0.2, 0.25) is 0 Å². The maximum absolute atomic E-state index is 10.9. The topological polar surface area (TPSA) is 29.5 Å². The Balaban J connectivity index is 1.36. The van der Waals surface area contributed by atoms with Gasteiger partial charge in [0, 0.05) is 0 Å². The summed E-state index contributed by atoms with van der Waals surface area (Å²) in [6.07, 6.45) is 22.1.